The first-order valence-electron chi connectivity index (χ1n) is 26.5. The molecule has 2 amide bonds. The molecule has 10 rings (SSSR count). The number of β-lactam (4-membered cyclic amide) rings is 1. The van der Waals surface area contributed by atoms with Crippen LogP contribution in [0.25, 0.3) is 6.08 Å². The highest BCUT2D eigenvalue weighted by Gasteiger charge is 2.55. The fourth-order valence-corrected chi connectivity index (χ4v) is 11.8. The van der Waals surface area contributed by atoms with E-state index < -0.39 is 46.5 Å². The van der Waals surface area contributed by atoms with Crippen molar-refractivity contribution in [3.05, 3.63) is 274 Å². The maximum absolute atomic E-state index is 15.4. The number of hydrogen-bond donors (Lipinski definition) is 2. The van der Waals surface area contributed by atoms with Gasteiger partial charge in [0, 0.05) is 40.2 Å². The van der Waals surface area contributed by atoms with Crippen LogP contribution in [0.2, 0.25) is 0 Å². The summed E-state index contributed by atoms with van der Waals surface area (Å²) < 4.78 is 15.9. The second kappa shape index (κ2) is 25.8. The number of esters is 1. The van der Waals surface area contributed by atoms with Crippen LogP contribution in [0.3, 0.4) is 0 Å². The largest absolute Gasteiger partial charge is 0.508 e. The molecule has 81 heavy (non-hydrogen) atoms. The fraction of sp³-hybridized carbons (Fsp3) is 0.185. The quantitative estimate of drug-likeness (QED) is 0.0165. The van der Waals surface area contributed by atoms with Gasteiger partial charge < -0.3 is 29.7 Å². The molecule has 2 aromatic heterocycles. The molecule has 6 aromatic carbocycles. The molecule has 2 atom stereocenters. The molecule has 0 saturated carbocycles. The van der Waals surface area contributed by atoms with Crippen molar-refractivity contribution in [2.45, 2.75) is 42.8 Å². The predicted octanol–water partition coefficient (Wildman–Crippen LogP) is 11.8. The van der Waals surface area contributed by atoms with E-state index in [0.717, 1.165) is 38.9 Å². The van der Waals surface area contributed by atoms with Gasteiger partial charge in [0.25, 0.3) is 11.8 Å². The molecule has 0 radical (unpaired) electrons. The topological polar surface area (TPSA) is 171 Å². The van der Waals surface area contributed by atoms with Gasteiger partial charge >= 0.3 is 12.1 Å². The first-order valence-corrected chi connectivity index (χ1v) is 28.5. The highest BCUT2D eigenvalue weighted by Crippen LogP contribution is 2.44. The molecule has 0 bridgehead atoms. The van der Waals surface area contributed by atoms with Gasteiger partial charge in [-0.15, -0.1) is 23.1 Å². The Bertz CT molecular complexity index is 3320. The van der Waals surface area contributed by atoms with Gasteiger partial charge in [-0.05, 0) is 46.2 Å². The maximum atomic E-state index is 15.4. The number of oxime groups is 1. The Morgan fingerprint density at radius 1 is 0.679 bits per heavy atom. The Morgan fingerprint density at radius 2 is 1.20 bits per heavy atom. The highest BCUT2D eigenvalue weighted by atomic mass is 32.2. The van der Waals surface area contributed by atoms with E-state index >= 15 is 4.79 Å². The van der Waals surface area contributed by atoms with Crippen molar-refractivity contribution in [3.8, 4) is 0 Å². The molecule has 16 heteroatoms. The number of ether oxygens (including phenoxy) is 3. The third kappa shape index (κ3) is 12.2. The van der Waals surface area contributed by atoms with Crippen LogP contribution >= 0.6 is 23.1 Å². The van der Waals surface area contributed by atoms with Crippen LogP contribution in [0.4, 0.5) is 9.93 Å². The normalized spacial score (nSPS) is 15.4. The zero-order valence-electron chi connectivity index (χ0n) is 44.5. The zero-order valence-corrected chi connectivity index (χ0v) is 46.1. The predicted molar refractivity (Wildman–Crippen MR) is 315 cm³/mol. The number of allylic oxidation sites excluding steroid dienone is 1. The average molecular weight is 1120 g/mol. The van der Waals surface area contributed by atoms with Gasteiger partial charge in [-0.3, -0.25) is 19.5 Å². The SMILES string of the molecule is CC(C)CCOC(=O)OCCOC(=O)C1=C(/C=C\c2cccnc2)CS[C@H]2[C@H](NC(=O)C(=NOC(c3ccccc3)(c3ccccc3)c3ccccc3)c3csc(NC(c4ccccc4)(c4ccccc4)c4ccccc4)n3)C(=O)N12. The smallest absolute Gasteiger partial charge is 0.457 e. The van der Waals surface area contributed by atoms with Crippen LogP contribution < -0.4 is 10.6 Å². The molecular weight excluding hydrogens is 1060 g/mol. The standard InChI is InChI=1S/C65H58N6O8S2/c1-45(2)37-39-77-63(75)78-41-40-76-61(74)57-47(36-35-46-22-21-38-66-42-46)43-80-60-56(59(73)71(57)60)68-58(72)55(70-79-65(51-29-15-6-16-30-51,52-31-17-7-18-32-52)53-33-19-8-20-34-53)54-44-81-62(67-54)69-64(48-23-9-3-10-24-48,49-25-11-4-12-26-49)50-27-13-5-14-28-50/h3-36,38,42,44-45,56,60H,37,39-41,43H2,1-2H3,(H,67,69)(H,68,72)/b36-35-,70-55?/t56-,60+/m1/s1. The van der Waals surface area contributed by atoms with Crippen molar-refractivity contribution in [1.82, 2.24) is 20.2 Å². The molecule has 0 unspecified atom stereocenters. The van der Waals surface area contributed by atoms with Crippen LogP contribution in [0.15, 0.2) is 234 Å². The third-order valence-corrected chi connectivity index (χ3v) is 15.8. The summed E-state index contributed by atoms with van der Waals surface area (Å²) in [4.78, 5) is 74.1. The average Bonchev–Trinajstić information content (AvgIpc) is 4.10. The van der Waals surface area contributed by atoms with Crippen molar-refractivity contribution in [3.63, 3.8) is 0 Å². The number of pyridine rings is 1. The van der Waals surface area contributed by atoms with Gasteiger partial charge in [0.2, 0.25) is 5.60 Å². The summed E-state index contributed by atoms with van der Waals surface area (Å²) in [6, 6.07) is 61.8. The number of hydrogen-bond acceptors (Lipinski definition) is 14. The van der Waals surface area contributed by atoms with Crippen LogP contribution in [-0.2, 0) is 44.6 Å². The summed E-state index contributed by atoms with van der Waals surface area (Å²) in [6.45, 7) is 3.65. The minimum atomic E-state index is -1.39. The Labute approximate surface area is 478 Å². The van der Waals surface area contributed by atoms with Gasteiger partial charge in [-0.1, -0.05) is 219 Å². The van der Waals surface area contributed by atoms with Crippen molar-refractivity contribution in [2.24, 2.45) is 11.1 Å². The molecule has 2 aliphatic heterocycles. The summed E-state index contributed by atoms with van der Waals surface area (Å²) in [5.41, 5.74) is 3.95. The van der Waals surface area contributed by atoms with E-state index in [9.17, 15) is 14.4 Å². The molecule has 1 fully saturated rings. The molecule has 1 saturated heterocycles. The molecule has 2 N–H and O–H groups in total. The summed E-state index contributed by atoms with van der Waals surface area (Å²) in [5.74, 6) is -1.52. The van der Waals surface area contributed by atoms with E-state index in [4.69, 9.17) is 29.2 Å². The van der Waals surface area contributed by atoms with Crippen molar-refractivity contribution in [2.75, 3.05) is 30.9 Å². The maximum Gasteiger partial charge on any atom is 0.508 e. The first-order chi connectivity index (χ1) is 39.7. The molecular formula is C65H58N6O8S2. The summed E-state index contributed by atoms with van der Waals surface area (Å²) in [5, 5.41) is 13.1. The molecule has 14 nitrogen and oxygen atoms in total. The van der Waals surface area contributed by atoms with Gasteiger partial charge in [-0.25, -0.2) is 14.6 Å². The molecule has 4 heterocycles. The highest BCUT2D eigenvalue weighted by molar-refractivity contribution is 8.00. The number of thioether (sulfide) groups is 1. The Kier molecular flexibility index (Phi) is 17.6. The number of aromatic nitrogens is 2. The Balaban J connectivity index is 1.01. The number of fused-ring (bicyclic) bond motifs is 1. The number of carbonyl (C=O) groups excluding carboxylic acids is 4. The number of benzene rings is 6. The van der Waals surface area contributed by atoms with E-state index in [-0.39, 0.29) is 42.7 Å². The lowest BCUT2D eigenvalue weighted by Crippen LogP contribution is -2.71. The fourth-order valence-electron chi connectivity index (χ4n) is 9.77. The number of amides is 2. The number of carbonyl (C=O) groups is 4. The lowest BCUT2D eigenvalue weighted by atomic mass is 9.77. The lowest BCUT2D eigenvalue weighted by molar-refractivity contribution is -0.153. The number of nitrogens with one attached hydrogen (secondary N) is 2. The van der Waals surface area contributed by atoms with Crippen molar-refractivity contribution >= 4 is 64.0 Å². The van der Waals surface area contributed by atoms with E-state index in [1.165, 1.54) is 28.0 Å². The third-order valence-electron chi connectivity index (χ3n) is 13.8. The van der Waals surface area contributed by atoms with Crippen LogP contribution in [0.1, 0.15) is 64.9 Å². The van der Waals surface area contributed by atoms with Crippen molar-refractivity contribution in [1.29, 1.82) is 0 Å². The zero-order chi connectivity index (χ0) is 56.0. The van der Waals surface area contributed by atoms with Gasteiger partial charge in [0.1, 0.15) is 41.6 Å². The van der Waals surface area contributed by atoms with Gasteiger partial charge in [0.15, 0.2) is 10.8 Å². The monoisotopic (exact) mass is 1110 g/mol. The molecule has 8 aromatic rings. The molecule has 2 aliphatic rings. The first kappa shape index (κ1) is 55.2. The van der Waals surface area contributed by atoms with Crippen LogP contribution in [0.5, 0.6) is 0 Å². The van der Waals surface area contributed by atoms with E-state index in [0.29, 0.717) is 23.0 Å². The van der Waals surface area contributed by atoms with E-state index in [2.05, 4.69) is 52.0 Å². The minimum Gasteiger partial charge on any atom is -0.457 e. The summed E-state index contributed by atoms with van der Waals surface area (Å²) in [6.07, 6.45) is 6.66. The second-order valence-corrected chi connectivity index (χ2v) is 21.4. The number of thiazole rings is 1. The summed E-state index contributed by atoms with van der Waals surface area (Å²) in [7, 11) is 0. The minimum absolute atomic E-state index is 0.00145. The lowest BCUT2D eigenvalue weighted by Gasteiger charge is -2.49. The van der Waals surface area contributed by atoms with Crippen molar-refractivity contribution < 1.29 is 38.2 Å². The molecule has 0 spiro atoms. The summed E-state index contributed by atoms with van der Waals surface area (Å²) >= 11 is 2.66. The molecule has 408 valence electrons. The number of rotatable bonds is 22. The number of anilines is 1. The Morgan fingerprint density at radius 3 is 1.72 bits per heavy atom. The van der Waals surface area contributed by atoms with Gasteiger partial charge in [-0.2, -0.15) is 0 Å². The van der Waals surface area contributed by atoms with E-state index in [1.54, 1.807) is 36.0 Å². The van der Waals surface area contributed by atoms with Crippen LogP contribution in [-0.4, -0.2) is 81.5 Å². The second-order valence-electron chi connectivity index (χ2n) is 19.4. The van der Waals surface area contributed by atoms with Gasteiger partial charge in [0.05, 0.1) is 6.61 Å². The van der Waals surface area contributed by atoms with Crippen LogP contribution in [0, 0.1) is 5.92 Å². The Hall–Kier alpha value is -9.12. The van der Waals surface area contributed by atoms with E-state index in [1.807, 2.05) is 166 Å². The number of nitrogens with zero attached hydrogens (tertiary/aromatic N) is 4. The molecule has 0 aliphatic carbocycles.